The average Bonchev–Trinajstić information content (AvgIpc) is 2.91. The summed E-state index contributed by atoms with van der Waals surface area (Å²) in [6.07, 6.45) is 8.91. The third-order valence-corrected chi connectivity index (χ3v) is 4.07. The SMILES string of the molecule is NCCc1cncn1C1CCN2CCCC12. The minimum absolute atomic E-state index is 0.645. The molecule has 2 aliphatic rings. The molecule has 0 radical (unpaired) electrons. The van der Waals surface area contributed by atoms with Crippen molar-refractivity contribution in [2.24, 2.45) is 5.73 Å². The van der Waals surface area contributed by atoms with Crippen LogP contribution in [0.3, 0.4) is 0 Å². The van der Waals surface area contributed by atoms with Crippen molar-refractivity contribution in [1.82, 2.24) is 14.5 Å². The maximum atomic E-state index is 5.64. The van der Waals surface area contributed by atoms with Gasteiger partial charge in [-0.1, -0.05) is 0 Å². The van der Waals surface area contributed by atoms with Crippen LogP contribution < -0.4 is 5.73 Å². The van der Waals surface area contributed by atoms with Gasteiger partial charge in [-0.25, -0.2) is 4.98 Å². The van der Waals surface area contributed by atoms with Crippen LogP contribution >= 0.6 is 0 Å². The number of hydrogen-bond donors (Lipinski definition) is 1. The number of aromatic nitrogens is 2. The number of hydrogen-bond acceptors (Lipinski definition) is 3. The summed E-state index contributed by atoms with van der Waals surface area (Å²) in [6, 6.07) is 1.40. The summed E-state index contributed by atoms with van der Waals surface area (Å²) >= 11 is 0. The first-order chi connectivity index (χ1) is 7.90. The molecule has 0 bridgehead atoms. The summed E-state index contributed by atoms with van der Waals surface area (Å²) in [7, 11) is 0. The molecule has 0 saturated carbocycles. The Morgan fingerprint density at radius 2 is 2.25 bits per heavy atom. The van der Waals surface area contributed by atoms with E-state index in [1.807, 2.05) is 12.5 Å². The Balaban J connectivity index is 1.83. The zero-order chi connectivity index (χ0) is 11.0. The molecule has 3 rings (SSSR count). The van der Waals surface area contributed by atoms with E-state index in [1.165, 1.54) is 38.0 Å². The van der Waals surface area contributed by atoms with Gasteiger partial charge in [0, 0.05) is 30.9 Å². The van der Waals surface area contributed by atoms with E-state index in [2.05, 4.69) is 14.5 Å². The second-order valence-electron chi connectivity index (χ2n) is 4.93. The number of rotatable bonds is 3. The lowest BCUT2D eigenvalue weighted by Gasteiger charge is -2.23. The standard InChI is InChI=1S/C12H20N4/c13-5-3-10-8-14-9-16(10)12-4-7-15-6-1-2-11(12)15/h8-9,11-12H,1-7,13H2. The molecule has 0 aromatic carbocycles. The number of nitrogens with two attached hydrogens (primary N) is 1. The van der Waals surface area contributed by atoms with Gasteiger partial charge in [0.25, 0.3) is 0 Å². The molecule has 4 heteroatoms. The Bertz CT molecular complexity index is 360. The van der Waals surface area contributed by atoms with Crippen molar-refractivity contribution in [3.8, 4) is 0 Å². The zero-order valence-electron chi connectivity index (χ0n) is 9.68. The fourth-order valence-corrected chi connectivity index (χ4v) is 3.35. The maximum Gasteiger partial charge on any atom is 0.0951 e. The minimum Gasteiger partial charge on any atom is -0.330 e. The second-order valence-corrected chi connectivity index (χ2v) is 4.93. The van der Waals surface area contributed by atoms with Crippen molar-refractivity contribution in [3.05, 3.63) is 18.2 Å². The smallest absolute Gasteiger partial charge is 0.0951 e. The molecule has 2 aliphatic heterocycles. The van der Waals surface area contributed by atoms with E-state index >= 15 is 0 Å². The van der Waals surface area contributed by atoms with Crippen LogP contribution in [0.2, 0.25) is 0 Å². The first-order valence-electron chi connectivity index (χ1n) is 6.35. The lowest BCUT2D eigenvalue weighted by Crippen LogP contribution is -2.28. The minimum atomic E-state index is 0.645. The molecule has 2 saturated heterocycles. The van der Waals surface area contributed by atoms with Crippen LogP contribution in [-0.4, -0.2) is 40.1 Å². The fourth-order valence-electron chi connectivity index (χ4n) is 3.35. The quantitative estimate of drug-likeness (QED) is 0.819. The molecule has 2 fully saturated rings. The maximum absolute atomic E-state index is 5.64. The van der Waals surface area contributed by atoms with Gasteiger partial charge in [-0.3, -0.25) is 4.90 Å². The van der Waals surface area contributed by atoms with Crippen LogP contribution in [0.25, 0.3) is 0 Å². The van der Waals surface area contributed by atoms with E-state index < -0.39 is 0 Å². The highest BCUT2D eigenvalue weighted by molar-refractivity contribution is 5.06. The first kappa shape index (κ1) is 10.3. The Kier molecular flexibility index (Phi) is 2.69. The molecule has 2 unspecified atom stereocenters. The van der Waals surface area contributed by atoms with Gasteiger partial charge in [-0.15, -0.1) is 0 Å². The van der Waals surface area contributed by atoms with Gasteiger partial charge in [0.05, 0.1) is 12.4 Å². The zero-order valence-corrected chi connectivity index (χ0v) is 9.68. The summed E-state index contributed by atoms with van der Waals surface area (Å²) in [4.78, 5) is 6.92. The van der Waals surface area contributed by atoms with E-state index in [1.54, 1.807) is 0 Å². The van der Waals surface area contributed by atoms with Crippen LogP contribution in [0, 0.1) is 0 Å². The number of imidazole rings is 1. The monoisotopic (exact) mass is 220 g/mol. The van der Waals surface area contributed by atoms with Crippen LogP contribution in [0.1, 0.15) is 31.0 Å². The number of fused-ring (bicyclic) bond motifs is 1. The molecule has 88 valence electrons. The van der Waals surface area contributed by atoms with Crippen molar-refractivity contribution in [2.75, 3.05) is 19.6 Å². The predicted molar refractivity (Wildman–Crippen MR) is 63.2 cm³/mol. The lowest BCUT2D eigenvalue weighted by atomic mass is 10.1. The summed E-state index contributed by atoms with van der Waals surface area (Å²) < 4.78 is 2.38. The molecule has 0 amide bonds. The lowest BCUT2D eigenvalue weighted by molar-refractivity contribution is 0.288. The van der Waals surface area contributed by atoms with Gasteiger partial charge in [0.1, 0.15) is 0 Å². The van der Waals surface area contributed by atoms with E-state index in [9.17, 15) is 0 Å². The summed E-state index contributed by atoms with van der Waals surface area (Å²) in [5.74, 6) is 0. The van der Waals surface area contributed by atoms with Gasteiger partial charge in [0.2, 0.25) is 0 Å². The van der Waals surface area contributed by atoms with Crippen LogP contribution in [-0.2, 0) is 6.42 Å². The highest BCUT2D eigenvalue weighted by atomic mass is 15.3. The molecule has 2 atom stereocenters. The molecular weight excluding hydrogens is 200 g/mol. The first-order valence-corrected chi connectivity index (χ1v) is 6.35. The fraction of sp³-hybridized carbons (Fsp3) is 0.750. The van der Waals surface area contributed by atoms with Crippen molar-refractivity contribution in [2.45, 2.75) is 37.8 Å². The third kappa shape index (κ3) is 1.57. The third-order valence-electron chi connectivity index (χ3n) is 4.07. The topological polar surface area (TPSA) is 47.1 Å². The Morgan fingerprint density at radius 1 is 1.31 bits per heavy atom. The Labute approximate surface area is 96.4 Å². The predicted octanol–water partition coefficient (Wildman–Crippen LogP) is 0.793. The second kappa shape index (κ2) is 4.18. The molecule has 3 heterocycles. The molecule has 0 spiro atoms. The normalized spacial score (nSPS) is 29.8. The average molecular weight is 220 g/mol. The molecule has 0 aliphatic carbocycles. The number of nitrogens with zero attached hydrogens (tertiary/aromatic N) is 3. The Morgan fingerprint density at radius 3 is 3.12 bits per heavy atom. The highest BCUT2D eigenvalue weighted by Crippen LogP contribution is 2.36. The highest BCUT2D eigenvalue weighted by Gasteiger charge is 2.38. The van der Waals surface area contributed by atoms with Crippen LogP contribution in [0.15, 0.2) is 12.5 Å². The van der Waals surface area contributed by atoms with Gasteiger partial charge in [-0.2, -0.15) is 0 Å². The van der Waals surface area contributed by atoms with E-state index in [0.29, 0.717) is 12.6 Å². The van der Waals surface area contributed by atoms with Gasteiger partial charge in [0.15, 0.2) is 0 Å². The van der Waals surface area contributed by atoms with Gasteiger partial charge >= 0.3 is 0 Å². The van der Waals surface area contributed by atoms with Crippen molar-refractivity contribution < 1.29 is 0 Å². The largest absolute Gasteiger partial charge is 0.330 e. The van der Waals surface area contributed by atoms with Crippen LogP contribution in [0.4, 0.5) is 0 Å². The molecular formula is C12H20N4. The van der Waals surface area contributed by atoms with E-state index in [-0.39, 0.29) is 0 Å². The van der Waals surface area contributed by atoms with E-state index in [4.69, 9.17) is 5.73 Å². The summed E-state index contributed by atoms with van der Waals surface area (Å²) in [5, 5.41) is 0. The van der Waals surface area contributed by atoms with E-state index in [0.717, 1.165) is 12.5 Å². The summed E-state index contributed by atoms with van der Waals surface area (Å²) in [5.41, 5.74) is 6.95. The van der Waals surface area contributed by atoms with Crippen LogP contribution in [0.5, 0.6) is 0 Å². The molecule has 1 aromatic heterocycles. The van der Waals surface area contributed by atoms with Crippen molar-refractivity contribution in [1.29, 1.82) is 0 Å². The van der Waals surface area contributed by atoms with Gasteiger partial charge in [-0.05, 0) is 32.4 Å². The van der Waals surface area contributed by atoms with Gasteiger partial charge < -0.3 is 10.3 Å². The molecule has 4 nitrogen and oxygen atoms in total. The Hall–Kier alpha value is -0.870. The van der Waals surface area contributed by atoms with Crippen molar-refractivity contribution >= 4 is 0 Å². The molecule has 2 N–H and O–H groups in total. The molecule has 16 heavy (non-hydrogen) atoms. The molecule has 1 aromatic rings. The van der Waals surface area contributed by atoms with Crippen molar-refractivity contribution in [3.63, 3.8) is 0 Å². The summed E-state index contributed by atoms with van der Waals surface area (Å²) in [6.45, 7) is 3.27.